The number of para-hydroxylation sites is 2. The van der Waals surface area contributed by atoms with E-state index in [2.05, 4.69) is 17.1 Å². The third kappa shape index (κ3) is 4.61. The van der Waals surface area contributed by atoms with Gasteiger partial charge in [-0.15, -0.1) is 0 Å². The number of rotatable bonds is 6. The van der Waals surface area contributed by atoms with Crippen molar-refractivity contribution in [2.45, 2.75) is 64.0 Å². The van der Waals surface area contributed by atoms with Crippen molar-refractivity contribution in [1.82, 2.24) is 10.2 Å². The maximum Gasteiger partial charge on any atom is 0.292 e. The van der Waals surface area contributed by atoms with Gasteiger partial charge in [-0.25, -0.2) is 0 Å². The Morgan fingerprint density at radius 3 is 2.50 bits per heavy atom. The number of anilines is 1. The molecule has 2 saturated heterocycles. The number of likely N-dealkylation sites (tertiary alicyclic amines) is 1. The summed E-state index contributed by atoms with van der Waals surface area (Å²) >= 11 is 0. The lowest BCUT2D eigenvalue weighted by Gasteiger charge is -2.44. The summed E-state index contributed by atoms with van der Waals surface area (Å²) in [6.45, 7) is 5.84. The zero-order valence-electron chi connectivity index (χ0n) is 18.0. The van der Waals surface area contributed by atoms with E-state index in [-0.39, 0.29) is 28.5 Å². The maximum absolute atomic E-state index is 12.9. The summed E-state index contributed by atoms with van der Waals surface area (Å²) in [7, 11) is 0. The molecule has 1 N–H and O–H groups in total. The predicted molar refractivity (Wildman–Crippen MR) is 118 cm³/mol. The van der Waals surface area contributed by atoms with Crippen LogP contribution in [0, 0.1) is 22.0 Å². The van der Waals surface area contributed by atoms with Gasteiger partial charge in [-0.1, -0.05) is 18.6 Å². The van der Waals surface area contributed by atoms with Gasteiger partial charge in [-0.2, -0.15) is 0 Å². The number of nitrogens with zero attached hydrogens (tertiary/aromatic N) is 3. The van der Waals surface area contributed by atoms with Crippen molar-refractivity contribution in [3.8, 4) is 0 Å². The van der Waals surface area contributed by atoms with Crippen LogP contribution in [0.5, 0.6) is 0 Å². The summed E-state index contributed by atoms with van der Waals surface area (Å²) in [4.78, 5) is 28.6. The van der Waals surface area contributed by atoms with Crippen LogP contribution in [0.1, 0.15) is 51.9 Å². The largest absolute Gasteiger partial charge is 0.366 e. The van der Waals surface area contributed by atoms with Crippen LogP contribution in [0.3, 0.4) is 0 Å². The number of nitro benzene ring substituents is 1. The Labute approximate surface area is 179 Å². The van der Waals surface area contributed by atoms with Gasteiger partial charge in [0, 0.05) is 43.7 Å². The van der Waals surface area contributed by atoms with Crippen molar-refractivity contribution >= 4 is 17.3 Å². The number of carbonyl (C=O) groups is 1. The molecule has 0 bridgehead atoms. The molecule has 0 spiro atoms. The van der Waals surface area contributed by atoms with E-state index in [1.807, 2.05) is 11.0 Å². The van der Waals surface area contributed by atoms with E-state index in [1.165, 1.54) is 38.6 Å². The maximum atomic E-state index is 12.9. The molecule has 0 unspecified atom stereocenters. The summed E-state index contributed by atoms with van der Waals surface area (Å²) in [5, 5.41) is 14.6. The molecule has 0 aromatic heterocycles. The van der Waals surface area contributed by atoms with Gasteiger partial charge in [-0.3, -0.25) is 14.9 Å². The van der Waals surface area contributed by atoms with E-state index in [1.54, 1.807) is 18.2 Å². The van der Waals surface area contributed by atoms with Crippen LogP contribution in [0.15, 0.2) is 24.3 Å². The molecule has 4 rings (SSSR count). The van der Waals surface area contributed by atoms with Gasteiger partial charge in [0.15, 0.2) is 0 Å². The molecule has 1 amide bonds. The number of benzene rings is 1. The third-order valence-electron chi connectivity index (χ3n) is 7.44. The fourth-order valence-electron chi connectivity index (χ4n) is 5.26. The van der Waals surface area contributed by atoms with Crippen LogP contribution in [-0.2, 0) is 4.79 Å². The Bertz CT molecular complexity index is 759. The van der Waals surface area contributed by atoms with Gasteiger partial charge in [0.2, 0.25) is 5.91 Å². The highest BCUT2D eigenvalue weighted by Crippen LogP contribution is 2.32. The molecule has 3 aliphatic rings. The minimum absolute atomic E-state index is 0.00204. The molecule has 164 valence electrons. The Hall–Kier alpha value is -2.15. The summed E-state index contributed by atoms with van der Waals surface area (Å²) in [6.07, 6.45) is 7.95. The topological polar surface area (TPSA) is 78.7 Å². The molecule has 7 heteroatoms. The van der Waals surface area contributed by atoms with E-state index in [0.717, 1.165) is 25.4 Å². The average Bonchev–Trinajstić information content (AvgIpc) is 2.73. The standard InChI is InChI=1S/C23H34N4O3/c1-17(19-6-5-13-26(16-19)20-7-4-8-20)24-23(28)18-11-14-25(15-12-18)21-9-2-3-10-22(21)27(29)30/h2-3,9-10,17-20H,4-8,11-16H2,1H3,(H,24,28)/t17-,19+/m0/s1. The average molecular weight is 415 g/mol. The normalized spacial score (nSPS) is 24.8. The van der Waals surface area contributed by atoms with Crippen LogP contribution in [0.2, 0.25) is 0 Å². The molecule has 2 atom stereocenters. The van der Waals surface area contributed by atoms with Gasteiger partial charge >= 0.3 is 0 Å². The van der Waals surface area contributed by atoms with Crippen molar-refractivity contribution in [3.05, 3.63) is 34.4 Å². The lowest BCUT2D eigenvalue weighted by atomic mass is 9.85. The number of nitro groups is 1. The summed E-state index contributed by atoms with van der Waals surface area (Å²) < 4.78 is 0. The Morgan fingerprint density at radius 2 is 1.83 bits per heavy atom. The molecule has 3 fully saturated rings. The van der Waals surface area contributed by atoms with Gasteiger partial charge in [0.1, 0.15) is 5.69 Å². The molecular weight excluding hydrogens is 380 g/mol. The van der Waals surface area contributed by atoms with Crippen LogP contribution in [-0.4, -0.2) is 54.0 Å². The molecule has 0 radical (unpaired) electrons. The Balaban J connectivity index is 1.28. The fourth-order valence-corrected chi connectivity index (χ4v) is 5.26. The first kappa shape index (κ1) is 21.1. The quantitative estimate of drug-likeness (QED) is 0.569. The van der Waals surface area contributed by atoms with Gasteiger partial charge in [0.25, 0.3) is 5.69 Å². The smallest absolute Gasteiger partial charge is 0.292 e. The van der Waals surface area contributed by atoms with Gasteiger partial charge in [-0.05, 0) is 64.0 Å². The first-order valence-electron chi connectivity index (χ1n) is 11.6. The minimum atomic E-state index is -0.327. The first-order valence-corrected chi connectivity index (χ1v) is 11.6. The summed E-state index contributed by atoms with van der Waals surface area (Å²) in [5.74, 6) is 0.693. The molecular formula is C23H34N4O3. The van der Waals surface area contributed by atoms with E-state index in [4.69, 9.17) is 0 Å². The molecule has 30 heavy (non-hydrogen) atoms. The zero-order valence-corrected chi connectivity index (χ0v) is 18.0. The first-order chi connectivity index (χ1) is 14.5. The number of carbonyl (C=O) groups excluding carboxylic acids is 1. The molecule has 1 aliphatic carbocycles. The molecule has 2 aliphatic heterocycles. The number of hydrogen-bond acceptors (Lipinski definition) is 5. The number of amides is 1. The number of piperidine rings is 2. The number of nitrogens with one attached hydrogen (secondary N) is 1. The van der Waals surface area contributed by atoms with E-state index in [9.17, 15) is 14.9 Å². The van der Waals surface area contributed by atoms with Gasteiger partial charge in [0.05, 0.1) is 4.92 Å². The van der Waals surface area contributed by atoms with E-state index < -0.39 is 0 Å². The monoisotopic (exact) mass is 414 g/mol. The van der Waals surface area contributed by atoms with Crippen LogP contribution < -0.4 is 10.2 Å². The highest BCUT2D eigenvalue weighted by molar-refractivity contribution is 5.79. The second-order valence-corrected chi connectivity index (χ2v) is 9.29. The van der Waals surface area contributed by atoms with Crippen LogP contribution >= 0.6 is 0 Å². The molecule has 1 aromatic carbocycles. The Morgan fingerprint density at radius 1 is 1.10 bits per heavy atom. The highest BCUT2D eigenvalue weighted by atomic mass is 16.6. The summed E-state index contributed by atoms with van der Waals surface area (Å²) in [6, 6.07) is 7.86. The molecule has 7 nitrogen and oxygen atoms in total. The SMILES string of the molecule is C[C@H](NC(=O)C1CCN(c2ccccc2[N+](=O)[O-])CC1)[C@@H]1CCCN(C2CCC2)C1. The predicted octanol–water partition coefficient (Wildman–Crippen LogP) is 3.58. The van der Waals surface area contributed by atoms with E-state index in [0.29, 0.717) is 24.7 Å². The molecule has 1 saturated carbocycles. The fraction of sp³-hybridized carbons (Fsp3) is 0.696. The van der Waals surface area contributed by atoms with Crippen molar-refractivity contribution in [1.29, 1.82) is 0 Å². The lowest BCUT2D eigenvalue weighted by molar-refractivity contribution is -0.384. The second-order valence-electron chi connectivity index (χ2n) is 9.29. The van der Waals surface area contributed by atoms with Gasteiger partial charge < -0.3 is 15.1 Å². The second kappa shape index (κ2) is 9.33. The molecule has 1 aromatic rings. The van der Waals surface area contributed by atoms with Crippen molar-refractivity contribution in [3.63, 3.8) is 0 Å². The minimum Gasteiger partial charge on any atom is -0.366 e. The lowest BCUT2D eigenvalue weighted by Crippen LogP contribution is -2.52. The van der Waals surface area contributed by atoms with Crippen LogP contribution in [0.4, 0.5) is 11.4 Å². The molecule has 2 heterocycles. The van der Waals surface area contributed by atoms with E-state index >= 15 is 0 Å². The zero-order chi connectivity index (χ0) is 21.1. The van der Waals surface area contributed by atoms with Crippen molar-refractivity contribution in [2.24, 2.45) is 11.8 Å². The summed E-state index contributed by atoms with van der Waals surface area (Å²) in [5.41, 5.74) is 0.801. The number of hydrogen-bond donors (Lipinski definition) is 1. The highest BCUT2D eigenvalue weighted by Gasteiger charge is 2.33. The van der Waals surface area contributed by atoms with Crippen molar-refractivity contribution < 1.29 is 9.72 Å². The van der Waals surface area contributed by atoms with Crippen LogP contribution in [0.25, 0.3) is 0 Å². The third-order valence-corrected chi connectivity index (χ3v) is 7.44. The van der Waals surface area contributed by atoms with Crippen molar-refractivity contribution in [2.75, 3.05) is 31.1 Å². The Kier molecular flexibility index (Phi) is 6.56.